The summed E-state index contributed by atoms with van der Waals surface area (Å²) >= 11 is 0. The minimum atomic E-state index is -0.319. The highest BCUT2D eigenvalue weighted by atomic mass is 16.3. The summed E-state index contributed by atoms with van der Waals surface area (Å²) in [5.41, 5.74) is 5.39. The second kappa shape index (κ2) is 5.32. The van der Waals surface area contributed by atoms with Crippen LogP contribution in [0.5, 0.6) is 0 Å². The van der Waals surface area contributed by atoms with E-state index < -0.39 is 0 Å². The maximum Gasteiger partial charge on any atom is 0.225 e. The van der Waals surface area contributed by atoms with Crippen LogP contribution in [0.25, 0.3) is 0 Å². The standard InChI is InChI=1S/C10H20N2O2/c1-8(3-2-5-11)10(14)12-6-4-9(13)7-12/h8-9,13H,2-7,11H2,1H3/t8?,9-/m0/s1. The number of amides is 1. The largest absolute Gasteiger partial charge is 0.391 e. The molecule has 1 heterocycles. The average Bonchev–Trinajstić information content (AvgIpc) is 2.60. The maximum absolute atomic E-state index is 11.8. The van der Waals surface area contributed by atoms with Crippen LogP contribution in [-0.4, -0.2) is 41.7 Å². The molecule has 0 aromatic rings. The lowest BCUT2D eigenvalue weighted by Crippen LogP contribution is -2.34. The molecule has 0 aromatic carbocycles. The molecule has 1 aliphatic rings. The molecule has 3 N–H and O–H groups in total. The van der Waals surface area contributed by atoms with E-state index in [0.717, 1.165) is 19.3 Å². The first-order chi connectivity index (χ1) is 6.65. The van der Waals surface area contributed by atoms with Crippen molar-refractivity contribution in [2.75, 3.05) is 19.6 Å². The third kappa shape index (κ3) is 2.96. The fourth-order valence-corrected chi connectivity index (χ4v) is 1.80. The zero-order valence-electron chi connectivity index (χ0n) is 8.78. The third-order valence-corrected chi connectivity index (χ3v) is 2.74. The number of rotatable bonds is 4. The molecule has 14 heavy (non-hydrogen) atoms. The highest BCUT2D eigenvalue weighted by Crippen LogP contribution is 2.15. The number of hydrogen-bond acceptors (Lipinski definition) is 3. The molecule has 1 saturated heterocycles. The van der Waals surface area contributed by atoms with Gasteiger partial charge in [0.15, 0.2) is 0 Å². The van der Waals surface area contributed by atoms with E-state index in [9.17, 15) is 9.90 Å². The first-order valence-electron chi connectivity index (χ1n) is 5.32. The third-order valence-electron chi connectivity index (χ3n) is 2.74. The lowest BCUT2D eigenvalue weighted by molar-refractivity contribution is -0.134. The number of β-amino-alcohol motifs (C(OH)–C–C–N with tert-alkyl or cyclic N) is 1. The van der Waals surface area contributed by atoms with Gasteiger partial charge in [0.1, 0.15) is 0 Å². The summed E-state index contributed by atoms with van der Waals surface area (Å²) in [4.78, 5) is 13.5. The topological polar surface area (TPSA) is 66.6 Å². The zero-order chi connectivity index (χ0) is 10.6. The van der Waals surface area contributed by atoms with Crippen molar-refractivity contribution in [1.29, 1.82) is 0 Å². The van der Waals surface area contributed by atoms with Crippen LogP contribution >= 0.6 is 0 Å². The van der Waals surface area contributed by atoms with Gasteiger partial charge in [0.05, 0.1) is 6.10 Å². The van der Waals surface area contributed by atoms with Gasteiger partial charge in [-0.25, -0.2) is 0 Å². The highest BCUT2D eigenvalue weighted by Gasteiger charge is 2.27. The minimum absolute atomic E-state index is 0.0452. The number of nitrogens with two attached hydrogens (primary N) is 1. The van der Waals surface area contributed by atoms with E-state index in [1.165, 1.54) is 0 Å². The molecule has 1 rings (SSSR count). The van der Waals surface area contributed by atoms with Crippen LogP contribution in [0.2, 0.25) is 0 Å². The first-order valence-corrected chi connectivity index (χ1v) is 5.32. The molecule has 1 aliphatic heterocycles. The Morgan fingerprint density at radius 3 is 2.93 bits per heavy atom. The van der Waals surface area contributed by atoms with Crippen LogP contribution in [0.15, 0.2) is 0 Å². The number of hydrogen-bond donors (Lipinski definition) is 2. The molecule has 2 atom stereocenters. The molecule has 0 aromatic heterocycles. The number of likely N-dealkylation sites (tertiary alicyclic amines) is 1. The van der Waals surface area contributed by atoms with Crippen molar-refractivity contribution in [3.8, 4) is 0 Å². The average molecular weight is 200 g/mol. The summed E-state index contributed by atoms with van der Waals surface area (Å²) < 4.78 is 0. The predicted molar refractivity (Wildman–Crippen MR) is 54.7 cm³/mol. The summed E-state index contributed by atoms with van der Waals surface area (Å²) in [5, 5.41) is 9.29. The van der Waals surface area contributed by atoms with Gasteiger partial charge < -0.3 is 15.7 Å². The van der Waals surface area contributed by atoms with E-state index in [0.29, 0.717) is 19.6 Å². The SMILES string of the molecule is CC(CCCN)C(=O)N1CC[C@H](O)C1. The van der Waals surface area contributed by atoms with Gasteiger partial charge in [0.2, 0.25) is 5.91 Å². The quantitative estimate of drug-likeness (QED) is 0.669. The molecule has 4 nitrogen and oxygen atoms in total. The fraction of sp³-hybridized carbons (Fsp3) is 0.900. The molecule has 0 spiro atoms. The van der Waals surface area contributed by atoms with Crippen LogP contribution in [0, 0.1) is 5.92 Å². The minimum Gasteiger partial charge on any atom is -0.391 e. The van der Waals surface area contributed by atoms with E-state index in [1.807, 2.05) is 6.92 Å². The highest BCUT2D eigenvalue weighted by molar-refractivity contribution is 5.78. The van der Waals surface area contributed by atoms with Crippen LogP contribution in [0.3, 0.4) is 0 Å². The van der Waals surface area contributed by atoms with Crippen LogP contribution in [0.4, 0.5) is 0 Å². The van der Waals surface area contributed by atoms with Gasteiger partial charge in [-0.2, -0.15) is 0 Å². The Morgan fingerprint density at radius 1 is 1.71 bits per heavy atom. The van der Waals surface area contributed by atoms with Crippen molar-refractivity contribution in [1.82, 2.24) is 4.90 Å². The van der Waals surface area contributed by atoms with E-state index in [4.69, 9.17) is 5.73 Å². The normalized spacial score (nSPS) is 23.9. The van der Waals surface area contributed by atoms with Crippen molar-refractivity contribution < 1.29 is 9.90 Å². The summed E-state index contributed by atoms with van der Waals surface area (Å²) in [6, 6.07) is 0. The van der Waals surface area contributed by atoms with Crippen LogP contribution in [-0.2, 0) is 4.79 Å². The lowest BCUT2D eigenvalue weighted by Gasteiger charge is -2.20. The van der Waals surface area contributed by atoms with E-state index >= 15 is 0 Å². The number of nitrogens with zero attached hydrogens (tertiary/aromatic N) is 1. The summed E-state index contributed by atoms with van der Waals surface area (Å²) in [7, 11) is 0. The van der Waals surface area contributed by atoms with Crippen molar-refractivity contribution in [3.63, 3.8) is 0 Å². The second-order valence-corrected chi connectivity index (χ2v) is 4.06. The maximum atomic E-state index is 11.8. The molecule has 1 amide bonds. The van der Waals surface area contributed by atoms with Gasteiger partial charge in [-0.3, -0.25) is 4.79 Å². The monoisotopic (exact) mass is 200 g/mol. The Kier molecular flexibility index (Phi) is 4.35. The van der Waals surface area contributed by atoms with Crippen LogP contribution in [0.1, 0.15) is 26.2 Å². The Labute approximate surface area is 85.1 Å². The number of carbonyl (C=O) groups excluding carboxylic acids is 1. The number of aliphatic hydroxyl groups is 1. The molecule has 0 bridgehead atoms. The molecular weight excluding hydrogens is 180 g/mol. The molecule has 1 unspecified atom stereocenters. The van der Waals surface area contributed by atoms with Gasteiger partial charge in [-0.15, -0.1) is 0 Å². The molecule has 0 aliphatic carbocycles. The molecule has 0 saturated carbocycles. The van der Waals surface area contributed by atoms with Crippen molar-refractivity contribution in [2.24, 2.45) is 11.7 Å². The summed E-state index contributed by atoms with van der Waals surface area (Å²) in [6.07, 6.45) is 2.14. The first kappa shape index (κ1) is 11.5. The Balaban J connectivity index is 2.32. The Bertz CT molecular complexity index is 197. The Hall–Kier alpha value is -0.610. The van der Waals surface area contributed by atoms with Gasteiger partial charge in [0.25, 0.3) is 0 Å². The molecule has 82 valence electrons. The second-order valence-electron chi connectivity index (χ2n) is 4.06. The van der Waals surface area contributed by atoms with E-state index in [1.54, 1.807) is 4.90 Å². The molecule has 1 fully saturated rings. The van der Waals surface area contributed by atoms with Crippen molar-refractivity contribution in [2.45, 2.75) is 32.3 Å². The van der Waals surface area contributed by atoms with Gasteiger partial charge in [-0.05, 0) is 25.8 Å². The zero-order valence-corrected chi connectivity index (χ0v) is 8.78. The van der Waals surface area contributed by atoms with E-state index in [2.05, 4.69) is 0 Å². The molecule has 4 heteroatoms. The van der Waals surface area contributed by atoms with Crippen molar-refractivity contribution >= 4 is 5.91 Å². The smallest absolute Gasteiger partial charge is 0.225 e. The predicted octanol–water partition coefficient (Wildman–Crippen LogP) is -0.0454. The number of carbonyl (C=O) groups is 1. The van der Waals surface area contributed by atoms with Gasteiger partial charge >= 0.3 is 0 Å². The van der Waals surface area contributed by atoms with Gasteiger partial charge in [0, 0.05) is 19.0 Å². The summed E-state index contributed by atoms with van der Waals surface area (Å²) in [6.45, 7) is 3.78. The van der Waals surface area contributed by atoms with Crippen molar-refractivity contribution in [3.05, 3.63) is 0 Å². The summed E-state index contributed by atoms with van der Waals surface area (Å²) in [5.74, 6) is 0.207. The fourth-order valence-electron chi connectivity index (χ4n) is 1.80. The molecular formula is C10H20N2O2. The lowest BCUT2D eigenvalue weighted by atomic mass is 10.0. The number of aliphatic hydroxyl groups excluding tert-OH is 1. The Morgan fingerprint density at radius 2 is 2.43 bits per heavy atom. The van der Waals surface area contributed by atoms with Gasteiger partial charge in [-0.1, -0.05) is 6.92 Å². The van der Waals surface area contributed by atoms with E-state index in [-0.39, 0.29) is 17.9 Å². The molecule has 0 radical (unpaired) electrons. The van der Waals surface area contributed by atoms with Crippen LogP contribution < -0.4 is 5.73 Å².